The molecule has 1 aliphatic rings. The van der Waals surface area contributed by atoms with E-state index in [1.807, 2.05) is 0 Å². The van der Waals surface area contributed by atoms with E-state index in [0.717, 1.165) is 17.6 Å². The van der Waals surface area contributed by atoms with E-state index in [0.29, 0.717) is 31.8 Å². The van der Waals surface area contributed by atoms with Gasteiger partial charge in [0.1, 0.15) is 5.82 Å². The second-order valence-corrected chi connectivity index (χ2v) is 5.61. The third-order valence-corrected chi connectivity index (χ3v) is 3.79. The van der Waals surface area contributed by atoms with Crippen LogP contribution in [-0.4, -0.2) is 48.7 Å². The lowest BCUT2D eigenvalue weighted by Gasteiger charge is -2.34. The topological polar surface area (TPSA) is 32.8 Å². The van der Waals surface area contributed by atoms with Crippen LogP contribution in [0.5, 0.6) is 0 Å². The maximum absolute atomic E-state index is 13.7. The Morgan fingerprint density at radius 1 is 1.35 bits per heavy atom. The van der Waals surface area contributed by atoms with Gasteiger partial charge < -0.3 is 9.64 Å². The molecule has 110 valence electrons. The van der Waals surface area contributed by atoms with E-state index in [4.69, 9.17) is 4.74 Å². The minimum absolute atomic E-state index is 0.193. The Labute approximate surface area is 126 Å². The molecular weight excluding hydrogens is 327 g/mol. The second kappa shape index (κ2) is 7.04. The number of carbonyl (C=O) groups excluding carboxylic acids is 1. The molecule has 0 aromatic heterocycles. The Morgan fingerprint density at radius 2 is 2.05 bits per heavy atom. The minimum atomic E-state index is -0.263. The fourth-order valence-electron chi connectivity index (χ4n) is 2.21. The van der Waals surface area contributed by atoms with Gasteiger partial charge in [0.2, 0.25) is 0 Å². The van der Waals surface area contributed by atoms with Gasteiger partial charge in [-0.3, -0.25) is 4.90 Å². The molecule has 1 fully saturated rings. The largest absolute Gasteiger partial charge is 0.450 e. The van der Waals surface area contributed by atoms with Crippen molar-refractivity contribution in [1.29, 1.82) is 0 Å². The lowest BCUT2D eigenvalue weighted by atomic mass is 10.2. The number of rotatable bonds is 3. The number of nitrogens with zero attached hydrogens (tertiary/aromatic N) is 2. The van der Waals surface area contributed by atoms with Crippen molar-refractivity contribution in [2.75, 3.05) is 32.8 Å². The van der Waals surface area contributed by atoms with Crippen LogP contribution < -0.4 is 0 Å². The van der Waals surface area contributed by atoms with Crippen LogP contribution in [0.1, 0.15) is 12.5 Å². The lowest BCUT2D eigenvalue weighted by molar-refractivity contribution is 0.0775. The molecule has 0 aliphatic carbocycles. The van der Waals surface area contributed by atoms with Crippen molar-refractivity contribution in [1.82, 2.24) is 9.80 Å². The summed E-state index contributed by atoms with van der Waals surface area (Å²) in [7, 11) is 0. The molecule has 0 radical (unpaired) electrons. The highest BCUT2D eigenvalue weighted by Crippen LogP contribution is 2.18. The van der Waals surface area contributed by atoms with Crippen LogP contribution in [0.3, 0.4) is 0 Å². The van der Waals surface area contributed by atoms with Crippen LogP contribution in [0.4, 0.5) is 9.18 Å². The van der Waals surface area contributed by atoms with Crippen LogP contribution in [0, 0.1) is 5.82 Å². The molecule has 0 saturated carbocycles. The Hall–Kier alpha value is -1.14. The highest BCUT2D eigenvalue weighted by atomic mass is 79.9. The molecule has 0 atom stereocenters. The normalized spacial score (nSPS) is 16.2. The van der Waals surface area contributed by atoms with Gasteiger partial charge in [0.15, 0.2) is 0 Å². The fraction of sp³-hybridized carbons (Fsp3) is 0.500. The van der Waals surface area contributed by atoms with E-state index < -0.39 is 0 Å². The molecule has 0 bridgehead atoms. The molecule has 1 heterocycles. The first kappa shape index (κ1) is 15.3. The van der Waals surface area contributed by atoms with Crippen molar-refractivity contribution in [2.24, 2.45) is 0 Å². The Balaban J connectivity index is 1.88. The van der Waals surface area contributed by atoms with Gasteiger partial charge >= 0.3 is 6.09 Å². The van der Waals surface area contributed by atoms with Gasteiger partial charge in [-0.1, -0.05) is 15.9 Å². The maximum atomic E-state index is 13.7. The van der Waals surface area contributed by atoms with Crippen LogP contribution in [-0.2, 0) is 11.3 Å². The molecule has 1 amide bonds. The van der Waals surface area contributed by atoms with Crippen molar-refractivity contribution in [3.63, 3.8) is 0 Å². The van der Waals surface area contributed by atoms with Crippen LogP contribution in [0.25, 0.3) is 0 Å². The van der Waals surface area contributed by atoms with Crippen molar-refractivity contribution in [2.45, 2.75) is 13.5 Å². The Bertz CT molecular complexity index is 476. The van der Waals surface area contributed by atoms with Crippen LogP contribution >= 0.6 is 15.9 Å². The van der Waals surface area contributed by atoms with E-state index in [2.05, 4.69) is 20.8 Å². The first-order valence-corrected chi connectivity index (χ1v) is 7.47. The fourth-order valence-corrected chi connectivity index (χ4v) is 2.62. The summed E-state index contributed by atoms with van der Waals surface area (Å²) in [6.07, 6.45) is -0.263. The summed E-state index contributed by atoms with van der Waals surface area (Å²) in [4.78, 5) is 15.4. The molecule has 0 N–H and O–H groups in total. The lowest BCUT2D eigenvalue weighted by Crippen LogP contribution is -2.48. The molecule has 6 heteroatoms. The minimum Gasteiger partial charge on any atom is -0.450 e. The molecule has 1 aromatic rings. The molecule has 2 rings (SSSR count). The number of ether oxygens (including phenoxy) is 1. The van der Waals surface area contributed by atoms with E-state index in [9.17, 15) is 9.18 Å². The molecular formula is C14H18BrFN2O2. The number of benzene rings is 1. The average Bonchev–Trinajstić information content (AvgIpc) is 2.44. The predicted molar refractivity (Wildman–Crippen MR) is 78.0 cm³/mol. The first-order chi connectivity index (χ1) is 9.60. The summed E-state index contributed by atoms with van der Waals surface area (Å²) < 4.78 is 19.5. The number of hydrogen-bond acceptors (Lipinski definition) is 3. The van der Waals surface area contributed by atoms with Gasteiger partial charge in [-0.05, 0) is 25.1 Å². The summed E-state index contributed by atoms with van der Waals surface area (Å²) in [5.41, 5.74) is 0.670. The number of hydrogen-bond donors (Lipinski definition) is 0. The van der Waals surface area contributed by atoms with Gasteiger partial charge in [0.05, 0.1) is 6.61 Å². The zero-order valence-electron chi connectivity index (χ0n) is 11.4. The monoisotopic (exact) mass is 344 g/mol. The standard InChI is InChI=1S/C14H18BrFN2O2/c1-2-20-14(19)18-7-5-17(6-8-18)10-11-9-12(15)3-4-13(11)16/h3-4,9H,2,5-8,10H2,1H3. The van der Waals surface area contributed by atoms with E-state index in [1.165, 1.54) is 6.07 Å². The van der Waals surface area contributed by atoms with E-state index in [1.54, 1.807) is 24.0 Å². The maximum Gasteiger partial charge on any atom is 0.409 e. The van der Waals surface area contributed by atoms with E-state index >= 15 is 0 Å². The summed E-state index contributed by atoms with van der Waals surface area (Å²) in [5.74, 6) is -0.193. The molecule has 20 heavy (non-hydrogen) atoms. The highest BCUT2D eigenvalue weighted by molar-refractivity contribution is 9.10. The summed E-state index contributed by atoms with van der Waals surface area (Å²) in [5, 5.41) is 0. The average molecular weight is 345 g/mol. The third-order valence-electron chi connectivity index (χ3n) is 3.30. The molecule has 0 spiro atoms. The molecule has 0 unspecified atom stereocenters. The quantitative estimate of drug-likeness (QED) is 0.845. The van der Waals surface area contributed by atoms with Crippen molar-refractivity contribution in [3.8, 4) is 0 Å². The predicted octanol–water partition coefficient (Wildman–Crippen LogP) is 2.86. The van der Waals surface area contributed by atoms with E-state index in [-0.39, 0.29) is 11.9 Å². The number of piperazine rings is 1. The Morgan fingerprint density at radius 3 is 2.70 bits per heavy atom. The number of halogens is 2. The first-order valence-electron chi connectivity index (χ1n) is 6.68. The van der Waals surface area contributed by atoms with Gasteiger partial charge in [-0.2, -0.15) is 0 Å². The van der Waals surface area contributed by atoms with Crippen molar-refractivity contribution in [3.05, 3.63) is 34.1 Å². The Kier molecular flexibility index (Phi) is 5.37. The number of amides is 1. The van der Waals surface area contributed by atoms with Crippen molar-refractivity contribution >= 4 is 22.0 Å². The van der Waals surface area contributed by atoms with Crippen molar-refractivity contribution < 1.29 is 13.9 Å². The van der Waals surface area contributed by atoms with Gasteiger partial charge in [0, 0.05) is 42.8 Å². The van der Waals surface area contributed by atoms with Crippen LogP contribution in [0.15, 0.2) is 22.7 Å². The van der Waals surface area contributed by atoms with Gasteiger partial charge in [0.25, 0.3) is 0 Å². The smallest absolute Gasteiger partial charge is 0.409 e. The summed E-state index contributed by atoms with van der Waals surface area (Å²) in [6.45, 7) is 5.44. The van der Waals surface area contributed by atoms with Gasteiger partial charge in [-0.15, -0.1) is 0 Å². The third kappa shape index (κ3) is 3.93. The molecule has 1 aromatic carbocycles. The highest BCUT2D eigenvalue weighted by Gasteiger charge is 2.22. The SMILES string of the molecule is CCOC(=O)N1CCN(Cc2cc(Br)ccc2F)CC1. The second-order valence-electron chi connectivity index (χ2n) is 4.70. The zero-order chi connectivity index (χ0) is 14.5. The molecule has 1 saturated heterocycles. The summed E-state index contributed by atoms with van der Waals surface area (Å²) in [6, 6.07) is 4.96. The van der Waals surface area contributed by atoms with Gasteiger partial charge in [-0.25, -0.2) is 9.18 Å². The summed E-state index contributed by atoms with van der Waals surface area (Å²) >= 11 is 3.35. The number of carbonyl (C=O) groups is 1. The zero-order valence-corrected chi connectivity index (χ0v) is 13.0. The van der Waals surface area contributed by atoms with Crippen LogP contribution in [0.2, 0.25) is 0 Å². The molecule has 4 nitrogen and oxygen atoms in total. The molecule has 1 aliphatic heterocycles.